The maximum Gasteiger partial charge on any atom is 0.281 e. The summed E-state index contributed by atoms with van der Waals surface area (Å²) in [7, 11) is 0. The number of halogens is 1. The molecule has 0 unspecified atom stereocenters. The van der Waals surface area contributed by atoms with Gasteiger partial charge in [-0.05, 0) is 11.6 Å². The van der Waals surface area contributed by atoms with Crippen LogP contribution < -0.4 is 16.2 Å². The lowest BCUT2D eigenvalue weighted by Crippen LogP contribution is -2.41. The summed E-state index contributed by atoms with van der Waals surface area (Å²) in [6.45, 7) is 0.405. The second-order valence-corrected chi connectivity index (χ2v) is 7.44. The fourth-order valence-corrected chi connectivity index (χ4v) is 3.93. The van der Waals surface area contributed by atoms with Crippen molar-refractivity contribution in [3.63, 3.8) is 0 Å². The number of hydrazine groups is 1. The molecule has 0 radical (unpaired) electrons. The summed E-state index contributed by atoms with van der Waals surface area (Å²) in [5.41, 5.74) is 5.63. The van der Waals surface area contributed by atoms with E-state index in [9.17, 15) is 14.4 Å². The molecule has 0 aliphatic carbocycles. The van der Waals surface area contributed by atoms with E-state index in [1.807, 2.05) is 54.6 Å². The molecule has 0 aliphatic rings. The van der Waals surface area contributed by atoms with Gasteiger partial charge in [0.2, 0.25) is 11.8 Å². The number of benzene rings is 2. The van der Waals surface area contributed by atoms with E-state index >= 15 is 0 Å². The summed E-state index contributed by atoms with van der Waals surface area (Å²) < 4.78 is 0.888. The van der Waals surface area contributed by atoms with E-state index in [0.29, 0.717) is 16.4 Å². The largest absolute Gasteiger partial charge is 0.352 e. The van der Waals surface area contributed by atoms with Crippen molar-refractivity contribution in [3.05, 3.63) is 70.1 Å². The Morgan fingerprint density at radius 2 is 1.54 bits per heavy atom. The minimum absolute atomic E-state index is 0.0260. The minimum atomic E-state index is -0.493. The predicted molar refractivity (Wildman–Crippen MR) is 110 cm³/mol. The first-order valence-corrected chi connectivity index (χ1v) is 9.81. The Morgan fingerprint density at radius 1 is 0.857 bits per heavy atom. The third-order valence-electron chi connectivity index (χ3n) is 3.97. The summed E-state index contributed by atoms with van der Waals surface area (Å²) in [6.07, 6.45) is -0.0147. The van der Waals surface area contributed by atoms with Gasteiger partial charge in [-0.3, -0.25) is 25.2 Å². The molecule has 0 fully saturated rings. The summed E-state index contributed by atoms with van der Waals surface area (Å²) in [5.74, 6) is -1.19. The molecule has 1 heterocycles. The molecule has 3 N–H and O–H groups in total. The molecular formula is C20H18ClN3O3S. The first-order valence-electron chi connectivity index (χ1n) is 8.61. The van der Waals surface area contributed by atoms with E-state index in [-0.39, 0.29) is 18.7 Å². The van der Waals surface area contributed by atoms with Gasteiger partial charge < -0.3 is 5.32 Å². The average Bonchev–Trinajstić information content (AvgIpc) is 3.06. The van der Waals surface area contributed by atoms with Gasteiger partial charge in [-0.2, -0.15) is 0 Å². The summed E-state index contributed by atoms with van der Waals surface area (Å²) in [6, 6.07) is 16.9. The van der Waals surface area contributed by atoms with Crippen LogP contribution >= 0.6 is 22.9 Å². The highest BCUT2D eigenvalue weighted by Gasteiger charge is 2.17. The van der Waals surface area contributed by atoms with Gasteiger partial charge in [0, 0.05) is 29.5 Å². The monoisotopic (exact) mass is 415 g/mol. The van der Waals surface area contributed by atoms with Crippen LogP contribution in [-0.4, -0.2) is 17.7 Å². The first kappa shape index (κ1) is 19.9. The van der Waals surface area contributed by atoms with E-state index in [2.05, 4.69) is 16.2 Å². The van der Waals surface area contributed by atoms with Gasteiger partial charge in [0.05, 0.1) is 5.02 Å². The van der Waals surface area contributed by atoms with Crippen molar-refractivity contribution in [3.8, 4) is 0 Å². The van der Waals surface area contributed by atoms with E-state index in [1.54, 1.807) is 0 Å². The van der Waals surface area contributed by atoms with Crippen molar-refractivity contribution in [2.45, 2.75) is 19.4 Å². The number of fused-ring (bicyclic) bond motifs is 1. The molecule has 0 saturated carbocycles. The topological polar surface area (TPSA) is 87.3 Å². The molecule has 0 saturated heterocycles. The lowest BCUT2D eigenvalue weighted by molar-refractivity contribution is -0.126. The molecule has 3 aromatic rings. The first-order chi connectivity index (χ1) is 13.5. The molecule has 2 aromatic carbocycles. The second-order valence-electron chi connectivity index (χ2n) is 6.01. The van der Waals surface area contributed by atoms with Crippen LogP contribution in [0, 0.1) is 0 Å². The van der Waals surface area contributed by atoms with E-state index in [1.165, 1.54) is 11.3 Å². The van der Waals surface area contributed by atoms with Gasteiger partial charge >= 0.3 is 0 Å². The molecule has 144 valence electrons. The van der Waals surface area contributed by atoms with Crippen molar-refractivity contribution in [2.75, 3.05) is 0 Å². The number of carbonyl (C=O) groups excluding carboxylic acids is 3. The SMILES string of the molecule is O=C(CCC(=O)NNC(=O)c1sc2ccccc2c1Cl)NCc1ccccc1. The van der Waals surface area contributed by atoms with Crippen LogP contribution in [0.3, 0.4) is 0 Å². The second kappa shape index (κ2) is 9.34. The van der Waals surface area contributed by atoms with Crippen molar-refractivity contribution < 1.29 is 14.4 Å². The smallest absolute Gasteiger partial charge is 0.281 e. The van der Waals surface area contributed by atoms with Crippen LogP contribution in [0.2, 0.25) is 5.02 Å². The maximum absolute atomic E-state index is 12.3. The van der Waals surface area contributed by atoms with Crippen LogP contribution in [0.25, 0.3) is 10.1 Å². The molecule has 8 heteroatoms. The molecule has 1 aromatic heterocycles. The van der Waals surface area contributed by atoms with Gasteiger partial charge in [-0.1, -0.05) is 60.1 Å². The Labute approximate surface area is 170 Å². The van der Waals surface area contributed by atoms with Crippen molar-refractivity contribution in [1.29, 1.82) is 0 Å². The van der Waals surface area contributed by atoms with Gasteiger partial charge in [0.15, 0.2) is 0 Å². The normalized spacial score (nSPS) is 10.5. The Balaban J connectivity index is 1.43. The van der Waals surface area contributed by atoms with Gasteiger partial charge in [-0.25, -0.2) is 0 Å². The van der Waals surface area contributed by atoms with Crippen LogP contribution in [0.4, 0.5) is 0 Å². The number of carbonyl (C=O) groups is 3. The molecule has 28 heavy (non-hydrogen) atoms. The molecule has 0 spiro atoms. The molecular weight excluding hydrogens is 398 g/mol. The van der Waals surface area contributed by atoms with Crippen molar-refractivity contribution >= 4 is 50.7 Å². The molecule has 3 rings (SSSR count). The fourth-order valence-electron chi connectivity index (χ4n) is 2.52. The van der Waals surface area contributed by atoms with E-state index in [0.717, 1.165) is 15.6 Å². The standard InChI is InChI=1S/C20H18ClN3O3S/c21-18-14-8-4-5-9-15(14)28-19(18)20(27)24-23-17(26)11-10-16(25)22-12-13-6-2-1-3-7-13/h1-9H,10-12H2,(H,22,25)(H,23,26)(H,24,27). The molecule has 0 atom stereocenters. The highest BCUT2D eigenvalue weighted by Crippen LogP contribution is 2.34. The fraction of sp³-hybridized carbons (Fsp3) is 0.150. The highest BCUT2D eigenvalue weighted by atomic mass is 35.5. The summed E-state index contributed by atoms with van der Waals surface area (Å²) in [4.78, 5) is 36.3. The number of hydrogen-bond acceptors (Lipinski definition) is 4. The number of thiophene rings is 1. The van der Waals surface area contributed by atoms with Crippen molar-refractivity contribution in [1.82, 2.24) is 16.2 Å². The van der Waals surface area contributed by atoms with Crippen LogP contribution in [-0.2, 0) is 16.1 Å². The average molecular weight is 416 g/mol. The molecule has 0 bridgehead atoms. The summed E-state index contributed by atoms with van der Waals surface area (Å²) >= 11 is 7.49. The third kappa shape index (κ3) is 5.09. The Bertz CT molecular complexity index is 1000. The van der Waals surface area contributed by atoms with Gasteiger partial charge in [0.25, 0.3) is 5.91 Å². The van der Waals surface area contributed by atoms with E-state index < -0.39 is 11.8 Å². The van der Waals surface area contributed by atoms with Crippen LogP contribution in [0.5, 0.6) is 0 Å². The number of rotatable bonds is 6. The molecule has 0 aliphatic heterocycles. The highest BCUT2D eigenvalue weighted by molar-refractivity contribution is 7.21. The summed E-state index contributed by atoms with van der Waals surface area (Å²) in [5, 5.41) is 3.89. The zero-order valence-corrected chi connectivity index (χ0v) is 16.4. The number of nitrogens with one attached hydrogen (secondary N) is 3. The number of amides is 3. The molecule has 3 amide bonds. The quantitative estimate of drug-likeness (QED) is 0.539. The van der Waals surface area contributed by atoms with Crippen LogP contribution in [0.1, 0.15) is 28.1 Å². The minimum Gasteiger partial charge on any atom is -0.352 e. The Kier molecular flexibility index (Phi) is 6.62. The number of hydrogen-bond donors (Lipinski definition) is 3. The Hall–Kier alpha value is -2.90. The van der Waals surface area contributed by atoms with Crippen molar-refractivity contribution in [2.24, 2.45) is 0 Å². The maximum atomic E-state index is 12.3. The molecule has 6 nitrogen and oxygen atoms in total. The lowest BCUT2D eigenvalue weighted by Gasteiger charge is -2.07. The van der Waals surface area contributed by atoms with Gasteiger partial charge in [-0.15, -0.1) is 11.3 Å². The predicted octanol–water partition coefficient (Wildman–Crippen LogP) is 3.41. The lowest BCUT2D eigenvalue weighted by atomic mass is 10.2. The van der Waals surface area contributed by atoms with Crippen LogP contribution in [0.15, 0.2) is 54.6 Å². The van der Waals surface area contributed by atoms with E-state index in [4.69, 9.17) is 11.6 Å². The van der Waals surface area contributed by atoms with Gasteiger partial charge in [0.1, 0.15) is 4.88 Å². The Morgan fingerprint density at radius 3 is 2.29 bits per heavy atom. The zero-order valence-electron chi connectivity index (χ0n) is 14.8. The third-order valence-corrected chi connectivity index (χ3v) is 5.64. The zero-order chi connectivity index (χ0) is 19.9.